The van der Waals surface area contributed by atoms with Crippen molar-refractivity contribution in [3.05, 3.63) is 139 Å². The molecule has 2 fully saturated rings. The molecule has 4 aromatic rings. The maximum atomic E-state index is 13.8. The Balaban J connectivity index is 1.41. The van der Waals surface area contributed by atoms with Crippen molar-refractivity contribution in [2.45, 2.75) is 36.7 Å². The lowest BCUT2D eigenvalue weighted by Crippen LogP contribution is -2.49. The van der Waals surface area contributed by atoms with Crippen LogP contribution in [0, 0.1) is 0 Å². The van der Waals surface area contributed by atoms with E-state index < -0.39 is 67.9 Å². The van der Waals surface area contributed by atoms with Crippen LogP contribution < -0.4 is 11.2 Å². The average Bonchev–Trinajstić information content (AvgIpc) is 3.40. The molecule has 2 saturated heterocycles. The van der Waals surface area contributed by atoms with Crippen LogP contribution in [-0.4, -0.2) is 62.6 Å². The van der Waals surface area contributed by atoms with Crippen LogP contribution >= 0.6 is 19.4 Å². The zero-order chi connectivity index (χ0) is 35.3. The largest absolute Gasteiger partial charge is 0.475 e. The van der Waals surface area contributed by atoms with E-state index in [9.17, 15) is 29.3 Å². The number of nitrogens with one attached hydrogen (secondary N) is 1. The number of carbonyl (C=O) groups is 2. The molecular weight excluding hydrogens is 701 g/mol. The van der Waals surface area contributed by atoms with Gasteiger partial charge in [-0.25, -0.2) is 18.9 Å². The number of hydrogen-bond donors (Lipinski definition) is 1. The van der Waals surface area contributed by atoms with Gasteiger partial charge in [-0.1, -0.05) is 28.8 Å². The number of aromatic nitrogens is 4. The van der Waals surface area contributed by atoms with Crippen molar-refractivity contribution < 1.29 is 41.9 Å². The Morgan fingerprint density at radius 3 is 2.44 bits per heavy atom. The molecular formula is C30H25ClN7O11P. The van der Waals surface area contributed by atoms with E-state index in [0.29, 0.717) is 10.6 Å². The summed E-state index contributed by atoms with van der Waals surface area (Å²) in [5.74, 6) is -2.05. The predicted molar refractivity (Wildman–Crippen MR) is 170 cm³/mol. The molecule has 18 nitrogen and oxygen atoms in total. The van der Waals surface area contributed by atoms with Gasteiger partial charge in [0.05, 0.1) is 30.4 Å². The minimum Gasteiger partial charge on any atom is -0.451 e. The first kappa shape index (κ1) is 34.7. The number of pyridine rings is 2. The van der Waals surface area contributed by atoms with Gasteiger partial charge in [-0.05, 0) is 47.5 Å². The van der Waals surface area contributed by atoms with Gasteiger partial charge >= 0.3 is 25.5 Å². The second-order valence-corrected chi connectivity index (χ2v) is 12.8. The molecule has 6 atom stereocenters. The van der Waals surface area contributed by atoms with Crippen molar-refractivity contribution in [3.63, 3.8) is 0 Å². The van der Waals surface area contributed by atoms with Gasteiger partial charge in [-0.2, -0.15) is 0 Å². The fraction of sp³-hybridized carbons (Fsp3) is 0.267. The van der Waals surface area contributed by atoms with Crippen LogP contribution in [0.3, 0.4) is 0 Å². The summed E-state index contributed by atoms with van der Waals surface area (Å²) < 4.78 is 49.1. The van der Waals surface area contributed by atoms with E-state index in [0.717, 1.165) is 16.8 Å². The third kappa shape index (κ3) is 7.51. The van der Waals surface area contributed by atoms with Crippen LogP contribution in [0.4, 0.5) is 0 Å². The molecule has 0 radical (unpaired) electrons. The summed E-state index contributed by atoms with van der Waals surface area (Å²) in [4.78, 5) is 64.5. The number of nitrogens with zero attached hydrogens (tertiary/aromatic N) is 6. The maximum absolute atomic E-state index is 13.8. The molecule has 1 aromatic carbocycles. The lowest BCUT2D eigenvalue weighted by Gasteiger charge is -2.33. The number of esters is 2. The van der Waals surface area contributed by atoms with E-state index >= 15 is 0 Å². The van der Waals surface area contributed by atoms with Gasteiger partial charge < -0.3 is 14.2 Å². The van der Waals surface area contributed by atoms with E-state index in [1.807, 2.05) is 0 Å². The summed E-state index contributed by atoms with van der Waals surface area (Å²) in [5, 5.41) is 4.15. The van der Waals surface area contributed by atoms with Gasteiger partial charge in [0.25, 0.3) is 5.56 Å². The average molecular weight is 726 g/mol. The fourth-order valence-corrected chi connectivity index (χ4v) is 6.80. The highest BCUT2D eigenvalue weighted by Crippen LogP contribution is 2.58. The van der Waals surface area contributed by atoms with E-state index in [2.05, 4.69) is 25.0 Å². The fourth-order valence-electron chi connectivity index (χ4n) is 5.20. The normalized spacial score (nSPS) is 26.0. The molecule has 258 valence electrons. The zero-order valence-electron chi connectivity index (χ0n) is 25.5. The van der Waals surface area contributed by atoms with Gasteiger partial charge in [-0.15, -0.1) is 0 Å². The number of phosphoric acid groups is 1. The van der Waals surface area contributed by atoms with Crippen molar-refractivity contribution >= 4 is 31.4 Å². The molecule has 0 aliphatic carbocycles. The van der Waals surface area contributed by atoms with E-state index in [-0.39, 0.29) is 24.2 Å². The predicted octanol–water partition coefficient (Wildman–Crippen LogP) is 4.27. The summed E-state index contributed by atoms with van der Waals surface area (Å²) in [6, 6.07) is 13.3. The number of ether oxygens (including phenoxy) is 3. The lowest BCUT2D eigenvalue weighted by molar-refractivity contribution is -0.128. The lowest BCUT2D eigenvalue weighted by atomic mass is 10.0. The Kier molecular flexibility index (Phi) is 10.2. The van der Waals surface area contributed by atoms with E-state index in [1.54, 1.807) is 24.3 Å². The van der Waals surface area contributed by atoms with Gasteiger partial charge in [0.2, 0.25) is 5.72 Å². The van der Waals surface area contributed by atoms with Crippen LogP contribution in [0.2, 0.25) is 5.02 Å². The zero-order valence-corrected chi connectivity index (χ0v) is 27.2. The summed E-state index contributed by atoms with van der Waals surface area (Å²) >= 11 is 6.13. The maximum Gasteiger partial charge on any atom is 0.475 e. The molecule has 0 amide bonds. The number of hydrogen-bond acceptors (Lipinski definition) is 14. The van der Waals surface area contributed by atoms with Crippen LogP contribution in [0.25, 0.3) is 10.4 Å². The molecule has 0 bridgehead atoms. The Labute approximate surface area is 286 Å². The second kappa shape index (κ2) is 14.7. The topological polar surface area (TPSA) is 236 Å². The number of benzene rings is 1. The monoisotopic (exact) mass is 725 g/mol. The van der Waals surface area contributed by atoms with Gasteiger partial charge in [0.15, 0.2) is 18.4 Å². The SMILES string of the molecule is [N-]=[N+]=N[C@]1(COP2(=O)OCC[C@@H](c3cccc(Cl)c3)O2)OC(n2ccc(=O)[nH]c2=O)[C@H](OC(=O)c2cccnc2)[C@@H]1OC(=O)c1cccnc1. The van der Waals surface area contributed by atoms with E-state index in [1.165, 1.54) is 49.1 Å². The van der Waals surface area contributed by atoms with Crippen LogP contribution in [0.1, 0.15) is 45.0 Å². The minimum absolute atomic E-state index is 0.0459. The third-order valence-electron chi connectivity index (χ3n) is 7.50. The number of halogens is 1. The van der Waals surface area contributed by atoms with Crippen LogP contribution in [0.5, 0.6) is 0 Å². The van der Waals surface area contributed by atoms with Gasteiger partial charge in [0.1, 0.15) is 0 Å². The third-order valence-corrected chi connectivity index (χ3v) is 9.19. The minimum atomic E-state index is -4.48. The number of azide groups is 1. The number of phosphoric ester groups is 1. The smallest absolute Gasteiger partial charge is 0.451 e. The van der Waals surface area contributed by atoms with Crippen molar-refractivity contribution in [1.82, 2.24) is 19.5 Å². The van der Waals surface area contributed by atoms with Crippen molar-refractivity contribution in [3.8, 4) is 0 Å². The summed E-state index contributed by atoms with van der Waals surface area (Å²) in [7, 11) is -4.48. The number of rotatable bonds is 10. The highest BCUT2D eigenvalue weighted by Gasteiger charge is 2.62. The Hall–Kier alpha value is -5.19. The van der Waals surface area contributed by atoms with Crippen LogP contribution in [0.15, 0.2) is 100 Å². The first-order chi connectivity index (χ1) is 24.1. The van der Waals surface area contributed by atoms with Crippen LogP contribution in [-0.2, 0) is 32.3 Å². The van der Waals surface area contributed by atoms with Crippen molar-refractivity contribution in [1.29, 1.82) is 0 Å². The molecule has 20 heteroatoms. The molecule has 0 saturated carbocycles. The van der Waals surface area contributed by atoms with Gasteiger partial charge in [-0.3, -0.25) is 37.9 Å². The van der Waals surface area contributed by atoms with Gasteiger partial charge in [0, 0.05) is 53.4 Å². The molecule has 2 unspecified atom stereocenters. The number of aromatic amines is 1. The van der Waals surface area contributed by atoms with Crippen molar-refractivity contribution in [2.24, 2.45) is 5.11 Å². The molecule has 2 aliphatic rings. The Morgan fingerprint density at radius 1 is 1.08 bits per heavy atom. The molecule has 50 heavy (non-hydrogen) atoms. The highest BCUT2D eigenvalue weighted by atomic mass is 35.5. The summed E-state index contributed by atoms with van der Waals surface area (Å²) in [6.07, 6.45) is 0.279. The number of carbonyl (C=O) groups excluding carboxylic acids is 2. The first-order valence-electron chi connectivity index (χ1n) is 14.7. The molecule has 1 N–H and O–H groups in total. The Morgan fingerprint density at radius 2 is 1.80 bits per heavy atom. The molecule has 3 aromatic heterocycles. The molecule has 5 heterocycles. The van der Waals surface area contributed by atoms with E-state index in [4.69, 9.17) is 39.4 Å². The molecule has 0 spiro atoms. The molecule has 2 aliphatic heterocycles. The highest BCUT2D eigenvalue weighted by molar-refractivity contribution is 7.48. The summed E-state index contributed by atoms with van der Waals surface area (Å²) in [6.45, 7) is -1.07. The van der Waals surface area contributed by atoms with Crippen molar-refractivity contribution in [2.75, 3.05) is 13.2 Å². The quantitative estimate of drug-likeness (QED) is 0.0791. The number of H-pyrrole nitrogens is 1. The first-order valence-corrected chi connectivity index (χ1v) is 16.5. The Bertz CT molecular complexity index is 2100. The second-order valence-electron chi connectivity index (χ2n) is 10.7. The standard InChI is InChI=1S/C30H25ClN7O11P/c31-21-7-1-4-18(14-21)22-9-13-44-50(43,49-22)45-17-30(36-37-32)25(47-28(41)20-6-3-11-34-16-20)24(46-27(40)19-5-2-10-33-15-19)26(48-30)38-12-8-23(39)35-29(38)42/h1-8,10-12,14-16,22,24-26H,9,13,17H2,(H,35,39,42)/t22-,24+,25-,26?,30+,50?/m0/s1. The summed E-state index contributed by atoms with van der Waals surface area (Å²) in [5.41, 5.74) is 5.92. The molecule has 6 rings (SSSR count).